The van der Waals surface area contributed by atoms with Crippen LogP contribution >= 0.6 is 23.1 Å². The zero-order chi connectivity index (χ0) is 21.9. The van der Waals surface area contributed by atoms with Gasteiger partial charge in [0.1, 0.15) is 0 Å². The van der Waals surface area contributed by atoms with Crippen LogP contribution in [0.2, 0.25) is 0 Å². The van der Waals surface area contributed by atoms with Gasteiger partial charge in [0.25, 0.3) is 5.91 Å². The summed E-state index contributed by atoms with van der Waals surface area (Å²) in [6, 6.07) is 12.4. The monoisotopic (exact) mass is 463 g/mol. The second-order valence-corrected chi connectivity index (χ2v) is 11.1. The Labute approximate surface area is 185 Å². The van der Waals surface area contributed by atoms with Crippen molar-refractivity contribution in [3.63, 3.8) is 0 Å². The highest BCUT2D eigenvalue weighted by atomic mass is 32.2. The predicted molar refractivity (Wildman–Crippen MR) is 126 cm³/mol. The third kappa shape index (κ3) is 4.85. The second kappa shape index (κ2) is 9.47. The topological polar surface area (TPSA) is 70.6 Å². The number of carbonyl (C=O) groups is 1. The number of amides is 1. The minimum absolute atomic E-state index is 0.0619. The number of nitrogens with zero attached hydrogens (tertiary/aromatic N) is 3. The fraction of sp³-hybridized carbons (Fsp3) is 0.333. The molecule has 6 nitrogen and oxygen atoms in total. The first-order valence-corrected chi connectivity index (χ1v) is 13.2. The van der Waals surface area contributed by atoms with Gasteiger partial charge in [0.2, 0.25) is 0 Å². The Kier molecular flexibility index (Phi) is 7.18. The summed E-state index contributed by atoms with van der Waals surface area (Å²) < 4.78 is 26.1. The molecule has 3 rings (SSSR count). The molecule has 1 aromatic heterocycles. The molecule has 0 unspecified atom stereocenters. The van der Waals surface area contributed by atoms with Gasteiger partial charge in [-0.3, -0.25) is 9.69 Å². The molecule has 0 atom stereocenters. The zero-order valence-electron chi connectivity index (χ0n) is 17.5. The van der Waals surface area contributed by atoms with Gasteiger partial charge in [-0.25, -0.2) is 13.4 Å². The van der Waals surface area contributed by atoms with Crippen molar-refractivity contribution < 1.29 is 13.2 Å². The second-order valence-electron chi connectivity index (χ2n) is 6.99. The van der Waals surface area contributed by atoms with Crippen molar-refractivity contribution >= 4 is 54.2 Å². The number of aromatic nitrogens is 1. The Morgan fingerprint density at radius 2 is 1.87 bits per heavy atom. The third-order valence-electron chi connectivity index (χ3n) is 4.66. The van der Waals surface area contributed by atoms with Crippen molar-refractivity contribution in [1.82, 2.24) is 9.88 Å². The maximum atomic E-state index is 13.5. The van der Waals surface area contributed by atoms with Crippen LogP contribution in [0.25, 0.3) is 10.2 Å². The van der Waals surface area contributed by atoms with E-state index >= 15 is 0 Å². The normalized spacial score (nSPS) is 11.9. The smallest absolute Gasteiger partial charge is 0.261 e. The van der Waals surface area contributed by atoms with Crippen LogP contribution in [0.3, 0.4) is 0 Å². The first-order valence-electron chi connectivity index (χ1n) is 9.49. The number of sulfone groups is 1. The molecule has 3 aromatic rings. The Bertz CT molecular complexity index is 1160. The van der Waals surface area contributed by atoms with Crippen LogP contribution in [0.5, 0.6) is 0 Å². The number of hydrogen-bond acceptors (Lipinski definition) is 7. The van der Waals surface area contributed by atoms with Gasteiger partial charge in [-0.05, 0) is 50.7 Å². The summed E-state index contributed by atoms with van der Waals surface area (Å²) in [7, 11) is 0.331. The van der Waals surface area contributed by atoms with E-state index in [9.17, 15) is 13.2 Å². The molecule has 1 heterocycles. The van der Waals surface area contributed by atoms with Crippen LogP contribution in [0, 0.1) is 0 Å². The molecule has 0 aliphatic heterocycles. The highest BCUT2D eigenvalue weighted by Gasteiger charge is 2.27. The summed E-state index contributed by atoms with van der Waals surface area (Å²) in [6.45, 7) is 2.61. The Morgan fingerprint density at radius 3 is 2.53 bits per heavy atom. The summed E-state index contributed by atoms with van der Waals surface area (Å²) in [5, 5.41) is 0.568. The van der Waals surface area contributed by atoms with Crippen molar-refractivity contribution in [1.29, 1.82) is 0 Å². The van der Waals surface area contributed by atoms with E-state index in [1.807, 2.05) is 37.4 Å². The van der Waals surface area contributed by atoms with E-state index in [4.69, 9.17) is 0 Å². The van der Waals surface area contributed by atoms with Crippen molar-refractivity contribution in [3.05, 3.63) is 48.0 Å². The molecule has 0 radical (unpaired) electrons. The van der Waals surface area contributed by atoms with Gasteiger partial charge in [-0.2, -0.15) is 0 Å². The number of likely N-dealkylation sites (N-methyl/N-ethyl adjacent to an activating group) is 1. The standard InChI is InChI=1S/C21H25N3O3S3/c1-5-30(26,27)19-9-7-6-8-16(19)20(25)24(13-12-23(2)3)21-22-17-11-10-15(28-4)14-18(17)29-21/h6-11,14H,5,12-13H2,1-4H3. The van der Waals surface area contributed by atoms with Gasteiger partial charge in [0.05, 0.1) is 26.4 Å². The fourth-order valence-corrected chi connectivity index (χ4v) is 5.57. The molecule has 0 aliphatic carbocycles. The molecular formula is C21H25N3O3S3. The van der Waals surface area contributed by atoms with Crippen LogP contribution in [0.15, 0.2) is 52.3 Å². The summed E-state index contributed by atoms with van der Waals surface area (Å²) in [5.41, 5.74) is 1.01. The molecule has 0 aliphatic rings. The lowest BCUT2D eigenvalue weighted by atomic mass is 10.2. The van der Waals surface area contributed by atoms with Gasteiger partial charge in [-0.1, -0.05) is 30.4 Å². The van der Waals surface area contributed by atoms with E-state index in [0.29, 0.717) is 18.2 Å². The summed E-state index contributed by atoms with van der Waals surface area (Å²) in [4.78, 5) is 23.0. The van der Waals surface area contributed by atoms with E-state index in [1.54, 1.807) is 41.8 Å². The number of rotatable bonds is 8. The molecule has 0 bridgehead atoms. The van der Waals surface area contributed by atoms with Crippen LogP contribution in [-0.4, -0.2) is 63.4 Å². The number of fused-ring (bicyclic) bond motifs is 1. The first-order chi connectivity index (χ1) is 14.3. The molecule has 0 saturated carbocycles. The van der Waals surface area contributed by atoms with E-state index in [1.165, 1.54) is 17.4 Å². The van der Waals surface area contributed by atoms with Gasteiger partial charge in [0, 0.05) is 18.0 Å². The maximum absolute atomic E-state index is 13.5. The van der Waals surface area contributed by atoms with E-state index < -0.39 is 9.84 Å². The molecule has 30 heavy (non-hydrogen) atoms. The molecule has 1 amide bonds. The zero-order valence-corrected chi connectivity index (χ0v) is 19.9. The molecule has 0 N–H and O–H groups in total. The Balaban J connectivity index is 2.08. The number of hydrogen-bond donors (Lipinski definition) is 0. The van der Waals surface area contributed by atoms with Gasteiger partial charge < -0.3 is 4.90 Å². The molecule has 0 saturated heterocycles. The van der Waals surface area contributed by atoms with Crippen LogP contribution < -0.4 is 4.90 Å². The van der Waals surface area contributed by atoms with Crippen molar-refractivity contribution in [3.8, 4) is 0 Å². The maximum Gasteiger partial charge on any atom is 0.261 e. The molecule has 0 spiro atoms. The molecular weight excluding hydrogens is 438 g/mol. The minimum Gasteiger partial charge on any atom is -0.308 e. The van der Waals surface area contributed by atoms with Crippen molar-refractivity contribution in [2.75, 3.05) is 44.1 Å². The van der Waals surface area contributed by atoms with Gasteiger partial charge >= 0.3 is 0 Å². The third-order valence-corrected chi connectivity index (χ3v) is 8.22. The lowest BCUT2D eigenvalue weighted by Crippen LogP contribution is -2.37. The fourth-order valence-electron chi connectivity index (χ4n) is 2.93. The number of anilines is 1. The van der Waals surface area contributed by atoms with Crippen molar-refractivity contribution in [2.45, 2.75) is 16.7 Å². The van der Waals surface area contributed by atoms with E-state index in [-0.39, 0.29) is 22.1 Å². The Morgan fingerprint density at radius 1 is 1.13 bits per heavy atom. The van der Waals surface area contributed by atoms with Gasteiger partial charge in [0.15, 0.2) is 15.0 Å². The van der Waals surface area contributed by atoms with Crippen molar-refractivity contribution in [2.24, 2.45) is 0 Å². The Hall–Kier alpha value is -1.94. The average molecular weight is 464 g/mol. The summed E-state index contributed by atoms with van der Waals surface area (Å²) in [5.74, 6) is -0.415. The van der Waals surface area contributed by atoms with Gasteiger partial charge in [-0.15, -0.1) is 11.8 Å². The first kappa shape index (κ1) is 22.7. The highest BCUT2D eigenvalue weighted by molar-refractivity contribution is 7.98. The number of carbonyl (C=O) groups excluding carboxylic acids is 1. The van der Waals surface area contributed by atoms with Crippen LogP contribution in [-0.2, 0) is 9.84 Å². The molecule has 160 valence electrons. The van der Waals surface area contributed by atoms with E-state index in [0.717, 1.165) is 15.1 Å². The van der Waals surface area contributed by atoms with E-state index in [2.05, 4.69) is 11.1 Å². The lowest BCUT2D eigenvalue weighted by molar-refractivity contribution is 0.0982. The van der Waals surface area contributed by atoms with Crippen LogP contribution in [0.1, 0.15) is 17.3 Å². The summed E-state index contributed by atoms with van der Waals surface area (Å²) >= 11 is 3.09. The number of thiazole rings is 1. The average Bonchev–Trinajstić information content (AvgIpc) is 3.16. The largest absolute Gasteiger partial charge is 0.308 e. The van der Waals surface area contributed by atoms with Crippen LogP contribution in [0.4, 0.5) is 5.13 Å². The predicted octanol–water partition coefficient (Wildman–Crippen LogP) is 4.02. The number of benzene rings is 2. The highest BCUT2D eigenvalue weighted by Crippen LogP contribution is 2.33. The molecule has 2 aromatic carbocycles. The summed E-state index contributed by atoms with van der Waals surface area (Å²) in [6.07, 6.45) is 2.02. The quantitative estimate of drug-likeness (QED) is 0.470. The molecule has 0 fully saturated rings. The number of thioether (sulfide) groups is 1. The minimum atomic E-state index is -3.53. The lowest BCUT2D eigenvalue weighted by Gasteiger charge is -2.23. The SMILES string of the molecule is CCS(=O)(=O)c1ccccc1C(=O)N(CCN(C)C)c1nc2ccc(SC)cc2s1. The molecule has 9 heteroatoms.